The Morgan fingerprint density at radius 1 is 1.47 bits per heavy atom. The number of aromatic nitrogens is 1. The van der Waals surface area contributed by atoms with Crippen molar-refractivity contribution < 1.29 is 14.1 Å². The molecule has 2 rings (SSSR count). The van der Waals surface area contributed by atoms with Gasteiger partial charge in [-0.25, -0.2) is 4.79 Å². The molecule has 0 atom stereocenters. The van der Waals surface area contributed by atoms with Gasteiger partial charge in [0.2, 0.25) is 0 Å². The average molecular weight is 227 g/mol. The molecule has 0 bridgehead atoms. The van der Waals surface area contributed by atoms with E-state index in [4.69, 9.17) is 5.11 Å². The average Bonchev–Trinajstić information content (AvgIpc) is 2.67. The van der Waals surface area contributed by atoms with Crippen molar-refractivity contribution in [2.45, 2.75) is 18.9 Å². The number of aromatic carboxylic acids is 1. The molecule has 1 N–H and O–H groups in total. The summed E-state index contributed by atoms with van der Waals surface area (Å²) in [6, 6.07) is 3.55. The first kappa shape index (κ1) is 10.4. The van der Waals surface area contributed by atoms with Gasteiger partial charge in [-0.3, -0.25) is 4.21 Å². The van der Waals surface area contributed by atoms with Crippen LogP contribution in [0.15, 0.2) is 18.3 Å². The van der Waals surface area contributed by atoms with Gasteiger partial charge < -0.3 is 9.67 Å². The van der Waals surface area contributed by atoms with Crippen molar-refractivity contribution in [2.75, 3.05) is 11.5 Å². The van der Waals surface area contributed by atoms with Gasteiger partial charge in [-0.05, 0) is 25.0 Å². The Morgan fingerprint density at radius 3 is 2.73 bits per heavy atom. The molecule has 82 valence electrons. The van der Waals surface area contributed by atoms with E-state index in [2.05, 4.69) is 0 Å². The molecule has 2 heterocycles. The number of rotatable bonds is 2. The van der Waals surface area contributed by atoms with Crippen LogP contribution in [0.4, 0.5) is 0 Å². The second-order valence-electron chi connectivity index (χ2n) is 3.69. The van der Waals surface area contributed by atoms with E-state index in [-0.39, 0.29) is 6.04 Å². The summed E-state index contributed by atoms with van der Waals surface area (Å²) in [4.78, 5) is 10.9. The molecule has 4 nitrogen and oxygen atoms in total. The third kappa shape index (κ3) is 2.12. The topological polar surface area (TPSA) is 59.3 Å². The van der Waals surface area contributed by atoms with E-state index in [1.165, 1.54) is 0 Å². The zero-order valence-electron chi connectivity index (χ0n) is 8.26. The maximum Gasteiger partial charge on any atom is 0.352 e. The lowest BCUT2D eigenvalue weighted by Gasteiger charge is -2.24. The van der Waals surface area contributed by atoms with E-state index in [9.17, 15) is 9.00 Å². The molecule has 0 saturated carbocycles. The Bertz CT molecular complexity index is 389. The highest BCUT2D eigenvalue weighted by atomic mass is 32.2. The highest BCUT2D eigenvalue weighted by Crippen LogP contribution is 2.24. The predicted molar refractivity (Wildman–Crippen MR) is 57.5 cm³/mol. The summed E-state index contributed by atoms with van der Waals surface area (Å²) in [6.45, 7) is 0. The van der Waals surface area contributed by atoms with E-state index in [0.29, 0.717) is 17.2 Å². The van der Waals surface area contributed by atoms with E-state index in [1.54, 1.807) is 22.9 Å². The third-order valence-corrected chi connectivity index (χ3v) is 4.13. The number of nitrogens with zero attached hydrogens (tertiary/aromatic N) is 1. The molecule has 1 saturated heterocycles. The Kier molecular flexibility index (Phi) is 2.90. The molecule has 1 aromatic heterocycles. The molecule has 15 heavy (non-hydrogen) atoms. The molecule has 5 heteroatoms. The molecule has 0 unspecified atom stereocenters. The number of hydrogen-bond acceptors (Lipinski definition) is 2. The Labute approximate surface area is 90.4 Å². The van der Waals surface area contributed by atoms with E-state index in [0.717, 1.165) is 12.8 Å². The van der Waals surface area contributed by atoms with Crippen LogP contribution in [-0.2, 0) is 10.8 Å². The van der Waals surface area contributed by atoms with E-state index in [1.807, 2.05) is 0 Å². The van der Waals surface area contributed by atoms with Gasteiger partial charge in [0.1, 0.15) is 5.69 Å². The first-order valence-electron chi connectivity index (χ1n) is 4.93. The second-order valence-corrected chi connectivity index (χ2v) is 5.38. The quantitative estimate of drug-likeness (QED) is 0.827. The molecular formula is C10H13NO3S. The van der Waals surface area contributed by atoms with Crippen molar-refractivity contribution in [3.8, 4) is 0 Å². The highest BCUT2D eigenvalue weighted by Gasteiger charge is 2.22. The Morgan fingerprint density at radius 2 is 2.13 bits per heavy atom. The fourth-order valence-corrected chi connectivity index (χ4v) is 3.23. The molecular weight excluding hydrogens is 214 g/mol. The molecule has 0 radical (unpaired) electrons. The van der Waals surface area contributed by atoms with Crippen LogP contribution in [0, 0.1) is 0 Å². The smallest absolute Gasteiger partial charge is 0.352 e. The maximum atomic E-state index is 11.2. The lowest BCUT2D eigenvalue weighted by atomic mass is 10.1. The van der Waals surface area contributed by atoms with E-state index >= 15 is 0 Å². The fourth-order valence-electron chi connectivity index (χ4n) is 1.95. The molecule has 0 spiro atoms. The lowest BCUT2D eigenvalue weighted by Crippen LogP contribution is -2.23. The monoisotopic (exact) mass is 227 g/mol. The van der Waals surface area contributed by atoms with Gasteiger partial charge in [-0.1, -0.05) is 0 Å². The molecule has 1 aliphatic rings. The van der Waals surface area contributed by atoms with Gasteiger partial charge in [-0.2, -0.15) is 0 Å². The summed E-state index contributed by atoms with van der Waals surface area (Å²) in [5, 5.41) is 8.96. The zero-order valence-corrected chi connectivity index (χ0v) is 9.07. The summed E-state index contributed by atoms with van der Waals surface area (Å²) in [5.41, 5.74) is 0.327. The summed E-state index contributed by atoms with van der Waals surface area (Å²) in [5.74, 6) is 0.468. The largest absolute Gasteiger partial charge is 0.477 e. The fraction of sp³-hybridized carbons (Fsp3) is 0.500. The first-order chi connectivity index (χ1) is 7.18. The standard InChI is InChI=1S/C10H13NO3S/c12-10(13)9-2-1-5-11(9)8-3-6-15(14)7-4-8/h1-2,5,8H,3-4,6-7H2,(H,12,13). The van der Waals surface area contributed by atoms with Crippen molar-refractivity contribution >= 4 is 16.8 Å². The maximum absolute atomic E-state index is 11.2. The minimum Gasteiger partial charge on any atom is -0.477 e. The van der Waals surface area contributed by atoms with Crippen molar-refractivity contribution in [3.05, 3.63) is 24.0 Å². The van der Waals surface area contributed by atoms with Crippen LogP contribution in [-0.4, -0.2) is 31.4 Å². The Hall–Kier alpha value is -1.10. The second kappa shape index (κ2) is 4.18. The number of carboxylic acids is 1. The Balaban J connectivity index is 2.19. The summed E-state index contributed by atoms with van der Waals surface area (Å²) in [7, 11) is -0.701. The van der Waals surface area contributed by atoms with Crippen LogP contribution < -0.4 is 0 Å². The molecule has 1 aliphatic heterocycles. The SMILES string of the molecule is O=C(O)c1cccn1C1CCS(=O)CC1. The minimum atomic E-state index is -0.897. The lowest BCUT2D eigenvalue weighted by molar-refractivity contribution is 0.0682. The van der Waals surface area contributed by atoms with Crippen LogP contribution in [0.5, 0.6) is 0 Å². The van der Waals surface area contributed by atoms with Crippen LogP contribution in [0.2, 0.25) is 0 Å². The van der Waals surface area contributed by atoms with Gasteiger partial charge in [0.25, 0.3) is 0 Å². The van der Waals surface area contributed by atoms with Gasteiger partial charge in [0.05, 0.1) is 0 Å². The van der Waals surface area contributed by atoms with Gasteiger partial charge in [0.15, 0.2) is 0 Å². The predicted octanol–water partition coefficient (Wildman–Crippen LogP) is 1.27. The summed E-state index contributed by atoms with van der Waals surface area (Å²) in [6.07, 6.45) is 3.41. The highest BCUT2D eigenvalue weighted by molar-refractivity contribution is 7.85. The third-order valence-electron chi connectivity index (χ3n) is 2.75. The zero-order chi connectivity index (χ0) is 10.8. The van der Waals surface area contributed by atoms with Crippen molar-refractivity contribution in [1.82, 2.24) is 4.57 Å². The summed E-state index contributed by atoms with van der Waals surface area (Å²) < 4.78 is 13.0. The number of hydrogen-bond donors (Lipinski definition) is 1. The van der Waals surface area contributed by atoms with Crippen LogP contribution in [0.1, 0.15) is 29.4 Å². The molecule has 0 amide bonds. The molecule has 1 fully saturated rings. The molecule has 1 aromatic rings. The van der Waals surface area contributed by atoms with Gasteiger partial charge in [0, 0.05) is 34.5 Å². The van der Waals surface area contributed by atoms with Gasteiger partial charge >= 0.3 is 5.97 Å². The van der Waals surface area contributed by atoms with Crippen LogP contribution >= 0.6 is 0 Å². The van der Waals surface area contributed by atoms with E-state index < -0.39 is 16.8 Å². The van der Waals surface area contributed by atoms with Crippen molar-refractivity contribution in [2.24, 2.45) is 0 Å². The van der Waals surface area contributed by atoms with Crippen LogP contribution in [0.25, 0.3) is 0 Å². The number of carbonyl (C=O) groups is 1. The molecule has 0 aromatic carbocycles. The summed E-state index contributed by atoms with van der Waals surface area (Å²) >= 11 is 0. The number of carboxylic acid groups (broad SMARTS) is 1. The van der Waals surface area contributed by atoms with Crippen molar-refractivity contribution in [3.63, 3.8) is 0 Å². The molecule has 0 aliphatic carbocycles. The van der Waals surface area contributed by atoms with Gasteiger partial charge in [-0.15, -0.1) is 0 Å². The van der Waals surface area contributed by atoms with Crippen LogP contribution in [0.3, 0.4) is 0 Å². The van der Waals surface area contributed by atoms with Crippen molar-refractivity contribution in [1.29, 1.82) is 0 Å². The minimum absolute atomic E-state index is 0.198. The first-order valence-corrected chi connectivity index (χ1v) is 6.42. The normalized spacial score (nSPS) is 26.4.